The van der Waals surface area contributed by atoms with E-state index < -0.39 is 21.7 Å². The Kier molecular flexibility index (Phi) is 5.81. The van der Waals surface area contributed by atoms with Crippen LogP contribution in [-0.2, 0) is 10.0 Å². The number of aromatic nitrogens is 1. The van der Waals surface area contributed by atoms with E-state index in [2.05, 4.69) is 9.71 Å². The van der Waals surface area contributed by atoms with Crippen molar-refractivity contribution in [1.82, 2.24) is 9.88 Å². The highest BCUT2D eigenvalue weighted by Crippen LogP contribution is 2.23. The van der Waals surface area contributed by atoms with Crippen molar-refractivity contribution in [3.8, 4) is 5.75 Å². The van der Waals surface area contributed by atoms with Gasteiger partial charge in [0.1, 0.15) is 16.5 Å². The number of sulfonamides is 1. The van der Waals surface area contributed by atoms with E-state index in [-0.39, 0.29) is 22.2 Å². The van der Waals surface area contributed by atoms with Crippen LogP contribution in [0.4, 0.5) is 10.1 Å². The second-order valence-corrected chi connectivity index (χ2v) is 7.52. The number of nitrogens with zero attached hydrogens (tertiary/aromatic N) is 2. The Bertz CT molecular complexity index is 916. The van der Waals surface area contributed by atoms with Crippen LogP contribution in [0.3, 0.4) is 0 Å². The number of hydrogen-bond acceptors (Lipinski definition) is 5. The predicted octanol–water partition coefficient (Wildman–Crippen LogP) is 2.51. The molecule has 1 aromatic carbocycles. The molecule has 2 rings (SSSR count). The standard InChI is InChI=1S/C17H20FN3O4S/c1-11(2)21(3)17(22)15-7-12(18)5-6-16(15)26(23,24)20-13-8-14(25-4)10-19-9-13/h5-11,20H,1-4H3. The van der Waals surface area contributed by atoms with Gasteiger partial charge in [-0.1, -0.05) is 0 Å². The van der Waals surface area contributed by atoms with Crippen LogP contribution in [0.2, 0.25) is 0 Å². The molecule has 0 aliphatic rings. The molecule has 1 aromatic heterocycles. The van der Waals surface area contributed by atoms with Crippen LogP contribution >= 0.6 is 0 Å². The van der Waals surface area contributed by atoms with E-state index in [0.29, 0.717) is 5.75 Å². The van der Waals surface area contributed by atoms with Gasteiger partial charge in [0.05, 0.1) is 30.8 Å². The first-order chi connectivity index (χ1) is 12.2. The highest BCUT2D eigenvalue weighted by atomic mass is 32.2. The van der Waals surface area contributed by atoms with Gasteiger partial charge in [0, 0.05) is 19.2 Å². The largest absolute Gasteiger partial charge is 0.495 e. The Labute approximate surface area is 151 Å². The molecule has 9 heteroatoms. The lowest BCUT2D eigenvalue weighted by Gasteiger charge is -2.23. The minimum absolute atomic E-state index is 0.157. The Morgan fingerprint density at radius 2 is 1.96 bits per heavy atom. The second-order valence-electron chi connectivity index (χ2n) is 5.87. The Hall–Kier alpha value is -2.68. The normalized spacial score (nSPS) is 11.3. The molecule has 26 heavy (non-hydrogen) atoms. The molecule has 1 heterocycles. The minimum atomic E-state index is -4.15. The number of ether oxygens (including phenoxy) is 1. The summed E-state index contributed by atoms with van der Waals surface area (Å²) in [6.07, 6.45) is 2.72. The van der Waals surface area contributed by atoms with Crippen molar-refractivity contribution in [1.29, 1.82) is 0 Å². The van der Waals surface area contributed by atoms with Gasteiger partial charge in [0.15, 0.2) is 0 Å². The molecule has 1 amide bonds. The van der Waals surface area contributed by atoms with Crippen molar-refractivity contribution >= 4 is 21.6 Å². The zero-order valence-electron chi connectivity index (χ0n) is 14.9. The third kappa shape index (κ3) is 4.29. The van der Waals surface area contributed by atoms with Crippen molar-refractivity contribution in [2.75, 3.05) is 18.9 Å². The molecule has 7 nitrogen and oxygen atoms in total. The number of pyridine rings is 1. The van der Waals surface area contributed by atoms with Crippen LogP contribution in [0.5, 0.6) is 5.75 Å². The van der Waals surface area contributed by atoms with Crippen LogP contribution < -0.4 is 9.46 Å². The molecular weight excluding hydrogens is 361 g/mol. The fraction of sp³-hybridized carbons (Fsp3) is 0.294. The third-order valence-electron chi connectivity index (χ3n) is 3.76. The number of hydrogen-bond donors (Lipinski definition) is 1. The quantitative estimate of drug-likeness (QED) is 0.831. The molecule has 0 saturated carbocycles. The maximum atomic E-state index is 13.7. The van der Waals surface area contributed by atoms with E-state index in [1.165, 1.54) is 37.5 Å². The summed E-state index contributed by atoms with van der Waals surface area (Å²) in [6, 6.07) is 4.23. The van der Waals surface area contributed by atoms with Crippen molar-refractivity contribution in [2.45, 2.75) is 24.8 Å². The highest BCUT2D eigenvalue weighted by molar-refractivity contribution is 7.92. The van der Waals surface area contributed by atoms with Gasteiger partial charge < -0.3 is 9.64 Å². The SMILES string of the molecule is COc1cncc(NS(=O)(=O)c2ccc(F)cc2C(=O)N(C)C(C)C)c1. The lowest BCUT2D eigenvalue weighted by molar-refractivity contribution is 0.0750. The molecule has 0 bridgehead atoms. The van der Waals surface area contributed by atoms with Gasteiger partial charge in [0.25, 0.3) is 15.9 Å². The van der Waals surface area contributed by atoms with Crippen molar-refractivity contribution < 1.29 is 22.3 Å². The first-order valence-electron chi connectivity index (χ1n) is 7.74. The fourth-order valence-corrected chi connectivity index (χ4v) is 3.34. The highest BCUT2D eigenvalue weighted by Gasteiger charge is 2.26. The van der Waals surface area contributed by atoms with Gasteiger partial charge >= 0.3 is 0 Å². The molecule has 0 saturated heterocycles. The number of rotatable bonds is 6. The maximum absolute atomic E-state index is 13.7. The second kappa shape index (κ2) is 7.69. The third-order valence-corrected chi connectivity index (χ3v) is 5.20. The van der Waals surface area contributed by atoms with E-state index in [1.807, 2.05) is 0 Å². The van der Waals surface area contributed by atoms with E-state index in [9.17, 15) is 17.6 Å². The summed E-state index contributed by atoms with van der Waals surface area (Å²) in [5.41, 5.74) is -0.0890. The Balaban J connectivity index is 2.47. The summed E-state index contributed by atoms with van der Waals surface area (Å²) in [6.45, 7) is 3.54. The molecule has 1 N–H and O–H groups in total. The van der Waals surface area contributed by atoms with Crippen LogP contribution in [-0.4, -0.2) is 44.4 Å². The van der Waals surface area contributed by atoms with Gasteiger partial charge in [-0.05, 0) is 32.0 Å². The first kappa shape index (κ1) is 19.6. The molecule has 0 aliphatic carbocycles. The number of amides is 1. The summed E-state index contributed by atoms with van der Waals surface area (Å²) in [4.78, 5) is 17.5. The minimum Gasteiger partial charge on any atom is -0.495 e. The molecule has 140 valence electrons. The van der Waals surface area contributed by atoms with Crippen LogP contribution in [0.25, 0.3) is 0 Å². The molecule has 0 radical (unpaired) electrons. The molecule has 0 atom stereocenters. The summed E-state index contributed by atoms with van der Waals surface area (Å²) in [7, 11) is -1.20. The molecule has 0 spiro atoms. The number of benzene rings is 1. The van der Waals surface area contributed by atoms with Crippen molar-refractivity contribution in [2.24, 2.45) is 0 Å². The number of halogens is 1. The van der Waals surface area contributed by atoms with E-state index in [0.717, 1.165) is 18.2 Å². The summed E-state index contributed by atoms with van der Waals surface area (Å²) >= 11 is 0. The fourth-order valence-electron chi connectivity index (χ4n) is 2.12. The van der Waals surface area contributed by atoms with Crippen molar-refractivity contribution in [3.63, 3.8) is 0 Å². The lowest BCUT2D eigenvalue weighted by atomic mass is 10.1. The van der Waals surface area contributed by atoms with Gasteiger partial charge in [-0.25, -0.2) is 12.8 Å². The van der Waals surface area contributed by atoms with Gasteiger partial charge in [-0.2, -0.15) is 0 Å². The summed E-state index contributed by atoms with van der Waals surface area (Å²) < 4.78 is 46.5. The first-order valence-corrected chi connectivity index (χ1v) is 9.22. The molecule has 0 unspecified atom stereocenters. The number of carbonyl (C=O) groups excluding carboxylic acids is 1. The van der Waals surface area contributed by atoms with Crippen LogP contribution in [0.1, 0.15) is 24.2 Å². The monoisotopic (exact) mass is 381 g/mol. The van der Waals surface area contributed by atoms with E-state index in [4.69, 9.17) is 4.74 Å². The lowest BCUT2D eigenvalue weighted by Crippen LogP contribution is -2.34. The summed E-state index contributed by atoms with van der Waals surface area (Å²) in [5, 5.41) is 0. The average Bonchev–Trinajstić information content (AvgIpc) is 2.59. The van der Waals surface area contributed by atoms with Crippen LogP contribution in [0, 0.1) is 5.82 Å². The topological polar surface area (TPSA) is 88.6 Å². The Morgan fingerprint density at radius 3 is 2.58 bits per heavy atom. The smallest absolute Gasteiger partial charge is 0.262 e. The van der Waals surface area contributed by atoms with Gasteiger partial charge in [0.2, 0.25) is 0 Å². The molecule has 2 aromatic rings. The Morgan fingerprint density at radius 1 is 1.27 bits per heavy atom. The van der Waals surface area contributed by atoms with Gasteiger partial charge in [-0.15, -0.1) is 0 Å². The molecule has 0 fully saturated rings. The molecule has 0 aliphatic heterocycles. The maximum Gasteiger partial charge on any atom is 0.262 e. The molecular formula is C17H20FN3O4S. The number of methoxy groups -OCH3 is 1. The van der Waals surface area contributed by atoms with Crippen molar-refractivity contribution in [3.05, 3.63) is 48.0 Å². The number of anilines is 1. The number of carbonyl (C=O) groups is 1. The predicted molar refractivity (Wildman–Crippen MR) is 95.2 cm³/mol. The zero-order valence-corrected chi connectivity index (χ0v) is 15.7. The number of nitrogens with one attached hydrogen (secondary N) is 1. The van der Waals surface area contributed by atoms with E-state index in [1.54, 1.807) is 13.8 Å². The van der Waals surface area contributed by atoms with Gasteiger partial charge in [-0.3, -0.25) is 14.5 Å². The zero-order chi connectivity index (χ0) is 19.5. The average molecular weight is 381 g/mol. The van der Waals surface area contributed by atoms with E-state index >= 15 is 0 Å². The van der Waals surface area contributed by atoms with Crippen LogP contribution in [0.15, 0.2) is 41.6 Å². The summed E-state index contributed by atoms with van der Waals surface area (Å²) in [5.74, 6) is -0.934.